The van der Waals surface area contributed by atoms with Crippen molar-refractivity contribution in [2.45, 2.75) is 12.8 Å². The Labute approximate surface area is 83.3 Å². The second-order valence-corrected chi connectivity index (χ2v) is 4.43. The Bertz CT molecular complexity index is 373. The monoisotopic (exact) mass is 187 g/mol. The van der Waals surface area contributed by atoms with Crippen molar-refractivity contribution in [1.29, 1.82) is 0 Å². The van der Waals surface area contributed by atoms with Crippen LogP contribution in [0.2, 0.25) is 0 Å². The van der Waals surface area contributed by atoms with E-state index in [9.17, 15) is 4.79 Å². The second-order valence-electron chi connectivity index (χ2n) is 4.43. The maximum Gasteiger partial charge on any atom is 0.226 e. The van der Waals surface area contributed by atoms with Crippen LogP contribution in [-0.2, 0) is 11.2 Å². The third kappa shape index (κ3) is 0.999. The first-order chi connectivity index (χ1) is 6.81. The van der Waals surface area contributed by atoms with Crippen LogP contribution >= 0.6 is 0 Å². The zero-order chi connectivity index (χ0) is 9.60. The number of piperidine rings is 1. The topological polar surface area (TPSA) is 29.1 Å². The van der Waals surface area contributed by atoms with E-state index >= 15 is 0 Å². The van der Waals surface area contributed by atoms with Crippen molar-refractivity contribution < 1.29 is 4.79 Å². The van der Waals surface area contributed by atoms with Gasteiger partial charge in [0, 0.05) is 6.54 Å². The average molecular weight is 187 g/mol. The molecule has 2 aliphatic rings. The Balaban J connectivity index is 1.83. The highest BCUT2D eigenvalue weighted by atomic mass is 16.2. The summed E-state index contributed by atoms with van der Waals surface area (Å²) in [6.07, 6.45) is 2.01. The van der Waals surface area contributed by atoms with Crippen LogP contribution < -0.4 is 5.32 Å². The van der Waals surface area contributed by atoms with Crippen LogP contribution in [0.15, 0.2) is 30.3 Å². The van der Waals surface area contributed by atoms with Gasteiger partial charge in [-0.25, -0.2) is 0 Å². The lowest BCUT2D eigenvalue weighted by molar-refractivity contribution is -0.124. The molecule has 1 saturated carbocycles. The third-order valence-electron chi connectivity index (χ3n) is 3.56. The van der Waals surface area contributed by atoms with E-state index in [1.54, 1.807) is 0 Å². The molecule has 1 aliphatic carbocycles. The van der Waals surface area contributed by atoms with Gasteiger partial charge in [-0.3, -0.25) is 4.79 Å². The lowest BCUT2D eigenvalue weighted by atomic mass is 9.95. The summed E-state index contributed by atoms with van der Waals surface area (Å²) in [5.41, 5.74) is 1.26. The number of fused-ring (bicyclic) bond motifs is 1. The van der Waals surface area contributed by atoms with Crippen LogP contribution in [0, 0.1) is 11.3 Å². The quantitative estimate of drug-likeness (QED) is 0.744. The van der Waals surface area contributed by atoms with E-state index in [0.29, 0.717) is 5.92 Å². The van der Waals surface area contributed by atoms with Crippen LogP contribution in [0.3, 0.4) is 0 Å². The molecule has 0 spiro atoms. The molecule has 72 valence electrons. The van der Waals surface area contributed by atoms with Crippen LogP contribution in [0.4, 0.5) is 0 Å². The van der Waals surface area contributed by atoms with Gasteiger partial charge in [-0.05, 0) is 24.3 Å². The Morgan fingerprint density at radius 3 is 2.71 bits per heavy atom. The number of carbonyl (C=O) groups excluding carboxylic acids is 1. The summed E-state index contributed by atoms with van der Waals surface area (Å²) in [4.78, 5) is 11.6. The van der Waals surface area contributed by atoms with Crippen LogP contribution in [0.5, 0.6) is 0 Å². The molecular weight excluding hydrogens is 174 g/mol. The standard InChI is InChI=1S/C12H13NO/c14-11-12(7-10(12)8-13-11)6-9-4-2-1-3-5-9/h1-5,10H,6-8H2,(H,13,14). The summed E-state index contributed by atoms with van der Waals surface area (Å²) in [5.74, 6) is 0.876. The number of hydrogen-bond donors (Lipinski definition) is 1. The van der Waals surface area contributed by atoms with Gasteiger partial charge in [0.25, 0.3) is 0 Å². The highest BCUT2D eigenvalue weighted by Gasteiger charge is 2.63. The van der Waals surface area contributed by atoms with E-state index in [4.69, 9.17) is 0 Å². The van der Waals surface area contributed by atoms with Crippen molar-refractivity contribution in [3.05, 3.63) is 35.9 Å². The van der Waals surface area contributed by atoms with Gasteiger partial charge in [0.05, 0.1) is 5.41 Å². The fourth-order valence-corrected chi connectivity index (χ4v) is 2.58. The van der Waals surface area contributed by atoms with Crippen LogP contribution in [0.1, 0.15) is 12.0 Å². The van der Waals surface area contributed by atoms with Gasteiger partial charge >= 0.3 is 0 Å². The van der Waals surface area contributed by atoms with Crippen molar-refractivity contribution in [2.24, 2.45) is 11.3 Å². The van der Waals surface area contributed by atoms with E-state index in [2.05, 4.69) is 17.4 Å². The molecule has 2 fully saturated rings. The molecule has 3 rings (SSSR count). The molecule has 0 bridgehead atoms. The summed E-state index contributed by atoms with van der Waals surface area (Å²) in [5, 5.41) is 2.94. The van der Waals surface area contributed by atoms with Gasteiger partial charge in [-0.2, -0.15) is 0 Å². The second kappa shape index (κ2) is 2.59. The summed E-state index contributed by atoms with van der Waals surface area (Å²) >= 11 is 0. The summed E-state index contributed by atoms with van der Waals surface area (Å²) in [6, 6.07) is 10.3. The van der Waals surface area contributed by atoms with Crippen molar-refractivity contribution in [1.82, 2.24) is 5.32 Å². The van der Waals surface area contributed by atoms with Gasteiger partial charge in [0.1, 0.15) is 0 Å². The number of carbonyl (C=O) groups is 1. The molecule has 0 radical (unpaired) electrons. The molecule has 2 heteroatoms. The largest absolute Gasteiger partial charge is 0.355 e. The predicted octanol–water partition coefficient (Wildman–Crippen LogP) is 1.37. The maximum atomic E-state index is 11.6. The molecule has 1 saturated heterocycles. The Morgan fingerprint density at radius 2 is 2.14 bits per heavy atom. The SMILES string of the molecule is O=C1NCC2CC12Cc1ccccc1. The van der Waals surface area contributed by atoms with Gasteiger partial charge in [0.2, 0.25) is 5.91 Å². The van der Waals surface area contributed by atoms with E-state index in [1.165, 1.54) is 5.56 Å². The van der Waals surface area contributed by atoms with Gasteiger partial charge in [-0.15, -0.1) is 0 Å². The molecule has 2 nitrogen and oxygen atoms in total. The third-order valence-corrected chi connectivity index (χ3v) is 3.56. The fraction of sp³-hybridized carbons (Fsp3) is 0.417. The number of hydrogen-bond acceptors (Lipinski definition) is 1. The van der Waals surface area contributed by atoms with E-state index in [-0.39, 0.29) is 11.3 Å². The summed E-state index contributed by atoms with van der Waals surface area (Å²) < 4.78 is 0. The molecule has 14 heavy (non-hydrogen) atoms. The van der Waals surface area contributed by atoms with Crippen molar-refractivity contribution in [3.8, 4) is 0 Å². The highest BCUT2D eigenvalue weighted by Crippen LogP contribution is 2.57. The first-order valence-corrected chi connectivity index (χ1v) is 5.13. The molecule has 1 N–H and O–H groups in total. The van der Waals surface area contributed by atoms with Gasteiger partial charge in [0.15, 0.2) is 0 Å². The molecule has 1 amide bonds. The summed E-state index contributed by atoms with van der Waals surface area (Å²) in [7, 11) is 0. The van der Waals surface area contributed by atoms with E-state index in [1.807, 2.05) is 18.2 Å². The smallest absolute Gasteiger partial charge is 0.226 e. The number of benzene rings is 1. The average Bonchev–Trinajstić information content (AvgIpc) is 2.83. The lowest BCUT2D eigenvalue weighted by Crippen LogP contribution is -2.26. The molecule has 0 aromatic heterocycles. The molecule has 1 heterocycles. The Hall–Kier alpha value is -1.31. The van der Waals surface area contributed by atoms with E-state index in [0.717, 1.165) is 19.4 Å². The molecule has 1 aromatic carbocycles. The van der Waals surface area contributed by atoms with Gasteiger partial charge < -0.3 is 5.32 Å². The zero-order valence-electron chi connectivity index (χ0n) is 7.99. The minimum atomic E-state index is -0.0264. The highest BCUT2D eigenvalue weighted by molar-refractivity contribution is 5.89. The van der Waals surface area contributed by atoms with Crippen molar-refractivity contribution in [3.63, 3.8) is 0 Å². The number of rotatable bonds is 2. The molecule has 1 aromatic rings. The first kappa shape index (κ1) is 8.04. The van der Waals surface area contributed by atoms with Crippen LogP contribution in [0.25, 0.3) is 0 Å². The Morgan fingerprint density at radius 1 is 1.36 bits per heavy atom. The maximum absolute atomic E-state index is 11.6. The fourth-order valence-electron chi connectivity index (χ4n) is 2.58. The first-order valence-electron chi connectivity index (χ1n) is 5.13. The van der Waals surface area contributed by atoms with E-state index < -0.39 is 0 Å². The molecule has 2 atom stereocenters. The number of nitrogens with one attached hydrogen (secondary N) is 1. The molecule has 2 unspecified atom stereocenters. The van der Waals surface area contributed by atoms with Crippen molar-refractivity contribution in [2.75, 3.05) is 6.54 Å². The minimum absolute atomic E-state index is 0.0264. The molecular formula is C12H13NO. The minimum Gasteiger partial charge on any atom is -0.355 e. The lowest BCUT2D eigenvalue weighted by Gasteiger charge is -2.09. The van der Waals surface area contributed by atoms with Gasteiger partial charge in [-0.1, -0.05) is 30.3 Å². The zero-order valence-corrected chi connectivity index (χ0v) is 7.99. The molecule has 1 aliphatic heterocycles. The van der Waals surface area contributed by atoms with Crippen LogP contribution in [-0.4, -0.2) is 12.5 Å². The summed E-state index contributed by atoms with van der Waals surface area (Å²) in [6.45, 7) is 0.895. The Kier molecular flexibility index (Phi) is 1.49. The normalized spacial score (nSPS) is 33.7. The predicted molar refractivity (Wildman–Crippen MR) is 53.7 cm³/mol. The van der Waals surface area contributed by atoms with Crippen molar-refractivity contribution >= 4 is 5.91 Å². The number of amides is 1.